The Morgan fingerprint density at radius 1 is 1.39 bits per heavy atom. The lowest BCUT2D eigenvalue weighted by molar-refractivity contribution is 0.0217. The molecule has 2 atom stereocenters. The summed E-state index contributed by atoms with van der Waals surface area (Å²) in [6.07, 6.45) is 0.306. The number of nitrogens with zero attached hydrogens (tertiary/aromatic N) is 2. The summed E-state index contributed by atoms with van der Waals surface area (Å²) in [6, 6.07) is 5.39. The van der Waals surface area contributed by atoms with Gasteiger partial charge in [0.05, 0.1) is 28.9 Å². The van der Waals surface area contributed by atoms with E-state index in [1.807, 2.05) is 32.9 Å². The first-order valence-corrected chi connectivity index (χ1v) is 10.3. The molecule has 1 aromatic carbocycles. The highest BCUT2D eigenvalue weighted by Crippen LogP contribution is 2.53. The Morgan fingerprint density at radius 3 is 2.86 bits per heavy atom. The lowest BCUT2D eigenvalue weighted by Crippen LogP contribution is -2.44. The third-order valence-electron chi connectivity index (χ3n) is 4.87. The molecule has 1 aromatic heterocycles. The zero-order valence-corrected chi connectivity index (χ0v) is 17.3. The Morgan fingerprint density at radius 2 is 2.18 bits per heavy atom. The number of hydrogen-bond acceptors (Lipinski definition) is 7. The molecule has 2 fully saturated rings. The third-order valence-corrected chi connectivity index (χ3v) is 6.05. The van der Waals surface area contributed by atoms with Gasteiger partial charge in [0, 0.05) is 13.0 Å². The number of carbonyl (C=O) groups excluding carboxylic acids is 2. The minimum Gasteiger partial charge on any atom is -0.462 e. The zero-order chi connectivity index (χ0) is 20.1. The number of esters is 1. The van der Waals surface area contributed by atoms with Crippen LogP contribution in [0.2, 0.25) is 0 Å². The fourth-order valence-corrected chi connectivity index (χ4v) is 4.66. The number of rotatable bonds is 3. The number of aromatic nitrogens is 1. The second-order valence-corrected chi connectivity index (χ2v) is 9.12. The molecule has 7 nitrogen and oxygen atoms in total. The van der Waals surface area contributed by atoms with Crippen molar-refractivity contribution in [2.75, 3.05) is 19.7 Å². The molecule has 1 amide bonds. The molecule has 0 saturated carbocycles. The first kappa shape index (κ1) is 19.1. The maximum Gasteiger partial charge on any atom is 0.410 e. The van der Waals surface area contributed by atoms with Gasteiger partial charge in [-0.3, -0.25) is 0 Å². The normalized spacial score (nSPS) is 24.0. The van der Waals surface area contributed by atoms with Crippen LogP contribution in [0.15, 0.2) is 18.2 Å². The molecule has 1 unspecified atom stereocenters. The van der Waals surface area contributed by atoms with Crippen LogP contribution in [0.5, 0.6) is 0 Å². The number of amides is 1. The second-order valence-electron chi connectivity index (χ2n) is 8.09. The maximum atomic E-state index is 12.3. The van der Waals surface area contributed by atoms with E-state index in [4.69, 9.17) is 19.2 Å². The molecule has 0 radical (unpaired) electrons. The van der Waals surface area contributed by atoms with E-state index in [1.54, 1.807) is 17.9 Å². The predicted octanol–water partition coefficient (Wildman–Crippen LogP) is 3.71. The average Bonchev–Trinajstić information content (AvgIpc) is 3.21. The van der Waals surface area contributed by atoms with E-state index >= 15 is 0 Å². The third kappa shape index (κ3) is 3.46. The molecule has 4 rings (SSSR count). The summed E-state index contributed by atoms with van der Waals surface area (Å²) < 4.78 is 17.5. The maximum absolute atomic E-state index is 12.3. The monoisotopic (exact) mass is 404 g/mol. The number of fused-ring (bicyclic) bond motifs is 2. The minimum absolute atomic E-state index is 0.0705. The van der Waals surface area contributed by atoms with Gasteiger partial charge in [0.2, 0.25) is 0 Å². The summed E-state index contributed by atoms with van der Waals surface area (Å²) in [7, 11) is 0. The predicted molar refractivity (Wildman–Crippen MR) is 105 cm³/mol. The fourth-order valence-electron chi connectivity index (χ4n) is 3.45. The smallest absolute Gasteiger partial charge is 0.410 e. The number of thiazole rings is 1. The van der Waals surface area contributed by atoms with Gasteiger partial charge in [-0.15, -0.1) is 11.3 Å². The van der Waals surface area contributed by atoms with Crippen molar-refractivity contribution >= 4 is 33.6 Å². The van der Waals surface area contributed by atoms with E-state index in [0.717, 1.165) is 15.2 Å². The van der Waals surface area contributed by atoms with Gasteiger partial charge in [0.25, 0.3) is 0 Å². The number of piperidine rings is 1. The van der Waals surface area contributed by atoms with Crippen LogP contribution >= 0.6 is 11.3 Å². The van der Waals surface area contributed by atoms with Crippen molar-refractivity contribution in [3.05, 3.63) is 28.8 Å². The quantitative estimate of drug-likeness (QED) is 0.573. The summed E-state index contributed by atoms with van der Waals surface area (Å²) in [5.74, 6) is -0.330. The van der Waals surface area contributed by atoms with E-state index in [9.17, 15) is 9.59 Å². The van der Waals surface area contributed by atoms with Gasteiger partial charge < -0.3 is 19.1 Å². The van der Waals surface area contributed by atoms with Crippen LogP contribution in [0.3, 0.4) is 0 Å². The van der Waals surface area contributed by atoms with Gasteiger partial charge in [-0.2, -0.15) is 0 Å². The molecular weight excluding hydrogens is 380 g/mol. The number of carbonyl (C=O) groups is 2. The van der Waals surface area contributed by atoms with Crippen molar-refractivity contribution in [1.82, 2.24) is 9.88 Å². The van der Waals surface area contributed by atoms with Gasteiger partial charge in [-0.25, -0.2) is 14.6 Å². The Labute approximate surface area is 167 Å². The van der Waals surface area contributed by atoms with Crippen LogP contribution < -0.4 is 0 Å². The van der Waals surface area contributed by atoms with Gasteiger partial charge in [-0.05, 0) is 45.9 Å². The van der Waals surface area contributed by atoms with Crippen LogP contribution in [0.4, 0.5) is 4.79 Å². The number of ether oxygens (including phenoxy) is 3. The van der Waals surface area contributed by atoms with Crippen molar-refractivity contribution in [3.8, 4) is 0 Å². The Kier molecular flexibility index (Phi) is 4.58. The lowest BCUT2D eigenvalue weighted by atomic mass is 9.97. The molecule has 28 heavy (non-hydrogen) atoms. The Hall–Kier alpha value is -2.19. The molecule has 2 saturated heterocycles. The van der Waals surface area contributed by atoms with Crippen LogP contribution in [0, 0.1) is 0 Å². The molecule has 0 spiro atoms. The summed E-state index contributed by atoms with van der Waals surface area (Å²) in [6.45, 7) is 8.77. The highest BCUT2D eigenvalue weighted by Gasteiger charge is 2.63. The van der Waals surface area contributed by atoms with E-state index < -0.39 is 11.2 Å². The number of likely N-dealkylation sites (tertiary alicyclic amines) is 1. The standard InChI is InChI=1S/C20H24N2O5S/c1-5-25-16(23)12-6-7-13-14(10-12)28-17(21-13)20-8-9-22(11-15(20)26-20)18(24)27-19(2,3)4/h6-7,10,15H,5,8-9,11H2,1-4H3/t15?,20-/m0/s1. The first-order valence-electron chi connectivity index (χ1n) is 9.46. The highest BCUT2D eigenvalue weighted by atomic mass is 32.1. The summed E-state index contributed by atoms with van der Waals surface area (Å²) in [4.78, 5) is 30.7. The number of hydrogen-bond donors (Lipinski definition) is 0. The van der Waals surface area contributed by atoms with E-state index in [0.29, 0.717) is 31.7 Å². The topological polar surface area (TPSA) is 81.3 Å². The minimum atomic E-state index is -0.514. The first-order chi connectivity index (χ1) is 13.2. The van der Waals surface area contributed by atoms with E-state index in [1.165, 1.54) is 11.3 Å². The molecule has 2 aliphatic rings. The highest BCUT2D eigenvalue weighted by molar-refractivity contribution is 7.18. The van der Waals surface area contributed by atoms with Gasteiger partial charge in [-0.1, -0.05) is 0 Å². The van der Waals surface area contributed by atoms with Crippen molar-refractivity contribution in [2.24, 2.45) is 0 Å². The Bertz CT molecular complexity index is 934. The second kappa shape index (κ2) is 6.70. The Balaban J connectivity index is 1.50. The summed E-state index contributed by atoms with van der Waals surface area (Å²) >= 11 is 1.54. The van der Waals surface area contributed by atoms with Crippen LogP contribution in [0.1, 0.15) is 49.5 Å². The molecule has 150 valence electrons. The van der Waals surface area contributed by atoms with Gasteiger partial charge in [0.15, 0.2) is 0 Å². The SMILES string of the molecule is CCOC(=O)c1ccc2nc([C@]34CCN(C(=O)OC(C)(C)C)CC3O4)sc2c1. The fraction of sp³-hybridized carbons (Fsp3) is 0.550. The largest absolute Gasteiger partial charge is 0.462 e. The zero-order valence-electron chi connectivity index (χ0n) is 16.5. The number of benzene rings is 1. The van der Waals surface area contributed by atoms with Crippen molar-refractivity contribution in [2.45, 2.75) is 51.4 Å². The van der Waals surface area contributed by atoms with Crippen LogP contribution in [-0.4, -0.2) is 53.3 Å². The lowest BCUT2D eigenvalue weighted by Gasteiger charge is -2.30. The van der Waals surface area contributed by atoms with Crippen LogP contribution in [-0.2, 0) is 19.8 Å². The summed E-state index contributed by atoms with van der Waals surface area (Å²) in [5, 5.41) is 0.900. The molecule has 8 heteroatoms. The van der Waals surface area contributed by atoms with E-state index in [-0.39, 0.29) is 18.2 Å². The van der Waals surface area contributed by atoms with Gasteiger partial charge in [0.1, 0.15) is 22.3 Å². The van der Waals surface area contributed by atoms with E-state index in [2.05, 4.69) is 0 Å². The number of epoxide rings is 1. The van der Waals surface area contributed by atoms with Crippen LogP contribution in [0.25, 0.3) is 10.2 Å². The molecule has 0 bridgehead atoms. The van der Waals surface area contributed by atoms with Gasteiger partial charge >= 0.3 is 12.1 Å². The van der Waals surface area contributed by atoms with Crippen molar-refractivity contribution in [3.63, 3.8) is 0 Å². The van der Waals surface area contributed by atoms with Crippen molar-refractivity contribution < 1.29 is 23.8 Å². The molecule has 2 aromatic rings. The molecule has 2 aliphatic heterocycles. The molecular formula is C20H24N2O5S. The van der Waals surface area contributed by atoms with Crippen molar-refractivity contribution in [1.29, 1.82) is 0 Å². The molecule has 0 N–H and O–H groups in total. The molecule has 3 heterocycles. The average molecular weight is 404 g/mol. The summed E-state index contributed by atoms with van der Waals surface area (Å²) in [5.41, 5.74) is 0.424. The molecule has 0 aliphatic carbocycles.